The fourth-order valence-electron chi connectivity index (χ4n) is 2.60. The molecule has 1 aromatic rings. The Morgan fingerprint density at radius 2 is 1.83 bits per heavy atom. The summed E-state index contributed by atoms with van der Waals surface area (Å²) in [5.41, 5.74) is 0. The van der Waals surface area contributed by atoms with Crippen LogP contribution in [-0.4, -0.2) is 20.8 Å². The fourth-order valence-corrected chi connectivity index (χ4v) is 2.60. The van der Waals surface area contributed by atoms with Gasteiger partial charge in [-0.15, -0.1) is 0 Å². The summed E-state index contributed by atoms with van der Waals surface area (Å²) in [5, 5.41) is 10.4. The first-order valence-corrected chi connectivity index (χ1v) is 7.40. The highest BCUT2D eigenvalue weighted by molar-refractivity contribution is 4.95. The first kappa shape index (κ1) is 15.2. The molecule has 0 radical (unpaired) electrons. The van der Waals surface area contributed by atoms with E-state index in [1.807, 2.05) is 12.4 Å². The Kier molecular flexibility index (Phi) is 7.02. The summed E-state index contributed by atoms with van der Waals surface area (Å²) in [4.78, 5) is 4.38. The Morgan fingerprint density at radius 3 is 2.39 bits per heavy atom. The molecule has 0 spiro atoms. The molecule has 1 rings (SSSR count). The summed E-state index contributed by atoms with van der Waals surface area (Å²) in [6.45, 7) is 7.53. The minimum absolute atomic E-state index is 0.247. The predicted octanol–water partition coefficient (Wildman–Crippen LogP) is 3.41. The zero-order chi connectivity index (χ0) is 13.4. The minimum Gasteiger partial charge on any atom is -0.392 e. The molecule has 1 N–H and O–H groups in total. The van der Waals surface area contributed by atoms with Crippen LogP contribution in [0.15, 0.2) is 12.4 Å². The molecular formula is C15H28N2O. The van der Waals surface area contributed by atoms with Gasteiger partial charge in [-0.1, -0.05) is 33.6 Å². The van der Waals surface area contributed by atoms with E-state index in [0.717, 1.165) is 44.5 Å². The molecule has 0 aliphatic heterocycles. The maximum Gasteiger partial charge on any atom is 0.111 e. The number of imidazole rings is 1. The van der Waals surface area contributed by atoms with Crippen molar-refractivity contribution in [3.63, 3.8) is 0 Å². The van der Waals surface area contributed by atoms with Crippen LogP contribution in [0.5, 0.6) is 0 Å². The molecule has 1 heterocycles. The van der Waals surface area contributed by atoms with Crippen LogP contribution in [-0.2, 0) is 13.0 Å². The molecule has 0 bridgehead atoms. The number of hydrogen-bond donors (Lipinski definition) is 1. The summed E-state index contributed by atoms with van der Waals surface area (Å²) in [6.07, 6.45) is 9.92. The van der Waals surface area contributed by atoms with Gasteiger partial charge in [0.05, 0.1) is 6.10 Å². The highest BCUT2D eigenvalue weighted by Gasteiger charge is 2.19. The molecule has 0 fully saturated rings. The maximum absolute atomic E-state index is 10.4. The molecule has 1 aromatic heterocycles. The first-order valence-electron chi connectivity index (χ1n) is 7.40. The lowest BCUT2D eigenvalue weighted by molar-refractivity contribution is 0.0936. The molecule has 0 amide bonds. The Morgan fingerprint density at radius 1 is 1.17 bits per heavy atom. The fraction of sp³-hybridized carbons (Fsp3) is 0.800. The summed E-state index contributed by atoms with van der Waals surface area (Å²) in [5.74, 6) is 1.45. The van der Waals surface area contributed by atoms with E-state index in [1.54, 1.807) is 0 Å². The van der Waals surface area contributed by atoms with Crippen LogP contribution in [0.25, 0.3) is 0 Å². The van der Waals surface area contributed by atoms with E-state index in [0.29, 0.717) is 12.3 Å². The lowest BCUT2D eigenvalue weighted by atomic mass is 9.90. The number of rotatable bonds is 9. The maximum atomic E-state index is 10.4. The van der Waals surface area contributed by atoms with Gasteiger partial charge in [-0.3, -0.25) is 0 Å². The second-order valence-corrected chi connectivity index (χ2v) is 5.15. The zero-order valence-corrected chi connectivity index (χ0v) is 12.1. The lowest BCUT2D eigenvalue weighted by Gasteiger charge is -2.22. The molecule has 0 aliphatic carbocycles. The van der Waals surface area contributed by atoms with Gasteiger partial charge in [-0.2, -0.15) is 0 Å². The minimum atomic E-state index is -0.247. The Labute approximate surface area is 111 Å². The predicted molar refractivity (Wildman–Crippen MR) is 75.5 cm³/mol. The smallest absolute Gasteiger partial charge is 0.111 e. The van der Waals surface area contributed by atoms with E-state index >= 15 is 0 Å². The van der Waals surface area contributed by atoms with Crippen LogP contribution in [0, 0.1) is 5.92 Å². The Bertz CT molecular complexity index is 316. The summed E-state index contributed by atoms with van der Waals surface area (Å²) in [6, 6.07) is 0. The molecule has 0 saturated heterocycles. The van der Waals surface area contributed by atoms with Crippen molar-refractivity contribution >= 4 is 0 Å². The lowest BCUT2D eigenvalue weighted by Crippen LogP contribution is -2.24. The van der Waals surface area contributed by atoms with Crippen molar-refractivity contribution in [2.75, 3.05) is 0 Å². The van der Waals surface area contributed by atoms with Gasteiger partial charge in [0.1, 0.15) is 5.82 Å². The topological polar surface area (TPSA) is 38.1 Å². The van der Waals surface area contributed by atoms with Crippen molar-refractivity contribution in [1.82, 2.24) is 9.55 Å². The number of aliphatic hydroxyl groups is 1. The molecule has 1 unspecified atom stereocenters. The van der Waals surface area contributed by atoms with E-state index in [9.17, 15) is 5.11 Å². The number of nitrogens with zero attached hydrogens (tertiary/aromatic N) is 2. The standard InChI is InChI=1S/C15H28N2O/c1-4-7-13(8-5-2)14(18)12-15-16-9-11-17(15)10-6-3/h9,11,13-14,18H,4-8,10,12H2,1-3H3. The van der Waals surface area contributed by atoms with Gasteiger partial charge in [-0.25, -0.2) is 4.98 Å². The molecule has 1 atom stereocenters. The average Bonchev–Trinajstić information content (AvgIpc) is 2.77. The third kappa shape index (κ3) is 4.45. The van der Waals surface area contributed by atoms with E-state index in [4.69, 9.17) is 0 Å². The van der Waals surface area contributed by atoms with Crippen LogP contribution in [0.2, 0.25) is 0 Å². The average molecular weight is 252 g/mol. The third-order valence-electron chi connectivity index (χ3n) is 3.52. The largest absolute Gasteiger partial charge is 0.392 e. The van der Waals surface area contributed by atoms with Crippen molar-refractivity contribution < 1.29 is 5.11 Å². The highest BCUT2D eigenvalue weighted by atomic mass is 16.3. The SMILES string of the molecule is CCCC(CCC)C(O)Cc1nccn1CCC. The van der Waals surface area contributed by atoms with E-state index in [2.05, 4.69) is 30.3 Å². The normalized spacial score (nSPS) is 13.2. The highest BCUT2D eigenvalue weighted by Crippen LogP contribution is 2.20. The Hall–Kier alpha value is -0.830. The van der Waals surface area contributed by atoms with Gasteiger partial charge in [-0.05, 0) is 25.2 Å². The number of aromatic nitrogens is 2. The zero-order valence-electron chi connectivity index (χ0n) is 12.1. The van der Waals surface area contributed by atoms with Gasteiger partial charge < -0.3 is 9.67 Å². The summed E-state index contributed by atoms with van der Waals surface area (Å²) < 4.78 is 2.16. The van der Waals surface area contributed by atoms with Crippen LogP contribution >= 0.6 is 0 Å². The van der Waals surface area contributed by atoms with Crippen LogP contribution in [0.3, 0.4) is 0 Å². The van der Waals surface area contributed by atoms with Gasteiger partial charge in [0.2, 0.25) is 0 Å². The first-order chi connectivity index (χ1) is 8.72. The van der Waals surface area contributed by atoms with Crippen molar-refractivity contribution in [2.24, 2.45) is 5.92 Å². The Balaban J connectivity index is 2.60. The van der Waals surface area contributed by atoms with Crippen LogP contribution in [0.4, 0.5) is 0 Å². The number of aryl methyl sites for hydroxylation is 1. The molecule has 3 nitrogen and oxygen atoms in total. The molecule has 0 saturated carbocycles. The van der Waals surface area contributed by atoms with E-state index in [1.165, 1.54) is 0 Å². The monoisotopic (exact) mass is 252 g/mol. The van der Waals surface area contributed by atoms with Crippen molar-refractivity contribution in [2.45, 2.75) is 71.9 Å². The quantitative estimate of drug-likeness (QED) is 0.731. The van der Waals surface area contributed by atoms with Gasteiger partial charge in [0.15, 0.2) is 0 Å². The second-order valence-electron chi connectivity index (χ2n) is 5.15. The van der Waals surface area contributed by atoms with E-state index < -0.39 is 0 Å². The second kappa shape index (κ2) is 8.30. The molecule has 0 aliphatic rings. The van der Waals surface area contributed by atoms with Crippen LogP contribution in [0.1, 0.15) is 58.7 Å². The van der Waals surface area contributed by atoms with Gasteiger partial charge in [0, 0.05) is 25.4 Å². The molecular weight excluding hydrogens is 224 g/mol. The summed E-state index contributed by atoms with van der Waals surface area (Å²) in [7, 11) is 0. The third-order valence-corrected chi connectivity index (χ3v) is 3.52. The molecule has 104 valence electrons. The summed E-state index contributed by atoms with van der Waals surface area (Å²) >= 11 is 0. The van der Waals surface area contributed by atoms with Gasteiger partial charge in [0.25, 0.3) is 0 Å². The van der Waals surface area contributed by atoms with E-state index in [-0.39, 0.29) is 6.10 Å². The molecule has 18 heavy (non-hydrogen) atoms. The van der Waals surface area contributed by atoms with Crippen LogP contribution < -0.4 is 0 Å². The van der Waals surface area contributed by atoms with Crippen molar-refractivity contribution in [1.29, 1.82) is 0 Å². The molecule has 0 aromatic carbocycles. The number of hydrogen-bond acceptors (Lipinski definition) is 2. The molecule has 3 heteroatoms. The van der Waals surface area contributed by atoms with Gasteiger partial charge >= 0.3 is 0 Å². The van der Waals surface area contributed by atoms with Crippen molar-refractivity contribution in [3.05, 3.63) is 18.2 Å². The number of aliphatic hydroxyl groups excluding tert-OH is 1. The van der Waals surface area contributed by atoms with Crippen molar-refractivity contribution in [3.8, 4) is 0 Å².